The minimum absolute atomic E-state index is 0.0458. The molecule has 1 saturated carbocycles. The van der Waals surface area contributed by atoms with Gasteiger partial charge in [-0.2, -0.15) is 9.78 Å². The minimum Gasteiger partial charge on any atom is -0.476 e. The number of benzene rings is 2. The van der Waals surface area contributed by atoms with E-state index >= 15 is 0 Å². The molecule has 0 radical (unpaired) electrons. The first-order valence-corrected chi connectivity index (χ1v) is 13.4. The second-order valence-corrected chi connectivity index (χ2v) is 11.7. The molecule has 3 N–H and O–H groups in total. The van der Waals surface area contributed by atoms with Crippen LogP contribution in [-0.2, 0) is 14.8 Å². The van der Waals surface area contributed by atoms with Crippen molar-refractivity contribution in [3.63, 3.8) is 0 Å². The summed E-state index contributed by atoms with van der Waals surface area (Å²) >= 11 is 0. The lowest BCUT2D eigenvalue weighted by atomic mass is 9.85. The summed E-state index contributed by atoms with van der Waals surface area (Å²) < 4.78 is 36.9. The number of hydrogen-bond acceptors (Lipinski definition) is 6. The quantitative estimate of drug-likeness (QED) is 0.393. The molecule has 1 fully saturated rings. The first kappa shape index (κ1) is 26.4. The highest BCUT2D eigenvalue weighted by atomic mass is 32.2. The Bertz CT molecular complexity index is 1440. The van der Waals surface area contributed by atoms with Crippen molar-refractivity contribution in [3.05, 3.63) is 59.8 Å². The molecule has 37 heavy (non-hydrogen) atoms. The number of rotatable bonds is 8. The fourth-order valence-electron chi connectivity index (χ4n) is 3.90. The number of aromatic nitrogens is 2. The smallest absolute Gasteiger partial charge is 0.356 e. The van der Waals surface area contributed by atoms with Gasteiger partial charge in [0.15, 0.2) is 5.69 Å². The summed E-state index contributed by atoms with van der Waals surface area (Å²) in [6.07, 6.45) is 2.60. The van der Waals surface area contributed by atoms with Gasteiger partial charge in [-0.1, -0.05) is 24.6 Å². The van der Waals surface area contributed by atoms with E-state index in [1.165, 1.54) is 16.8 Å². The SMILES string of the molecule is Cc1c(C(=O)O)nn(-c2ccccc2)c1Oc1ccc(NC(=O)C2CCC2)cc1S(=O)(=O)NC(C)(C)C. The molecule has 3 aromatic rings. The van der Waals surface area contributed by atoms with Crippen molar-refractivity contribution in [2.75, 3.05) is 5.32 Å². The second-order valence-electron chi connectivity index (χ2n) is 10.1. The largest absolute Gasteiger partial charge is 0.476 e. The van der Waals surface area contributed by atoms with Crippen LogP contribution in [0.15, 0.2) is 53.4 Å². The Balaban J connectivity index is 1.81. The van der Waals surface area contributed by atoms with Crippen molar-refractivity contribution in [2.24, 2.45) is 5.92 Å². The van der Waals surface area contributed by atoms with E-state index in [4.69, 9.17) is 4.74 Å². The highest BCUT2D eigenvalue weighted by Gasteiger charge is 2.30. The van der Waals surface area contributed by atoms with E-state index < -0.39 is 21.5 Å². The number of carbonyl (C=O) groups is 2. The lowest BCUT2D eigenvalue weighted by Crippen LogP contribution is -2.40. The summed E-state index contributed by atoms with van der Waals surface area (Å²) in [5.74, 6) is -1.47. The van der Waals surface area contributed by atoms with Crippen LogP contribution < -0.4 is 14.8 Å². The predicted octanol–water partition coefficient (Wildman–Crippen LogP) is 4.49. The molecule has 11 heteroatoms. The number of carboxylic acids is 1. The van der Waals surface area contributed by atoms with Gasteiger partial charge in [0.1, 0.15) is 10.6 Å². The fraction of sp³-hybridized carbons (Fsp3) is 0.346. The molecule has 0 aliphatic heterocycles. The lowest BCUT2D eigenvalue weighted by molar-refractivity contribution is -0.122. The number of sulfonamides is 1. The summed E-state index contributed by atoms with van der Waals surface area (Å²) in [6.45, 7) is 6.67. The van der Waals surface area contributed by atoms with Gasteiger partial charge in [-0.3, -0.25) is 4.79 Å². The third-order valence-electron chi connectivity index (χ3n) is 5.90. The molecule has 2 aromatic carbocycles. The van der Waals surface area contributed by atoms with Gasteiger partial charge < -0.3 is 15.2 Å². The number of carboxylic acid groups (broad SMARTS) is 1. The average Bonchev–Trinajstić information content (AvgIpc) is 3.09. The van der Waals surface area contributed by atoms with Gasteiger partial charge in [-0.05, 0) is 70.9 Å². The molecular weight excluding hydrogens is 496 g/mol. The van der Waals surface area contributed by atoms with Gasteiger partial charge >= 0.3 is 5.97 Å². The molecule has 196 valence electrons. The molecule has 1 amide bonds. The van der Waals surface area contributed by atoms with Crippen molar-refractivity contribution < 1.29 is 27.9 Å². The van der Waals surface area contributed by atoms with Gasteiger partial charge in [-0.25, -0.2) is 17.9 Å². The number of aromatic carboxylic acids is 1. The number of nitrogens with zero attached hydrogens (tertiary/aromatic N) is 2. The van der Waals surface area contributed by atoms with Crippen molar-refractivity contribution in [1.82, 2.24) is 14.5 Å². The van der Waals surface area contributed by atoms with Crippen molar-refractivity contribution in [2.45, 2.75) is 57.4 Å². The highest BCUT2D eigenvalue weighted by Crippen LogP contribution is 2.36. The standard InChI is InChI=1S/C26H30N4O6S/c1-16-22(25(32)33)28-30(19-11-6-5-7-12-19)24(16)36-20-14-13-18(27-23(31)17-9-8-10-17)15-21(20)37(34,35)29-26(2,3)4/h5-7,11-15,17,29H,8-10H2,1-4H3,(H,27,31)(H,32,33). The third-order valence-corrected chi connectivity index (χ3v) is 7.67. The number of nitrogens with one attached hydrogen (secondary N) is 2. The van der Waals surface area contributed by atoms with E-state index in [-0.39, 0.29) is 39.6 Å². The second kappa shape index (κ2) is 9.98. The fourth-order valence-corrected chi connectivity index (χ4v) is 5.48. The molecule has 1 aliphatic carbocycles. The normalized spacial score (nSPS) is 14.2. The first-order valence-electron chi connectivity index (χ1n) is 11.9. The Kier molecular flexibility index (Phi) is 7.11. The van der Waals surface area contributed by atoms with Crippen LogP contribution in [0.3, 0.4) is 0 Å². The molecule has 4 rings (SSSR count). The van der Waals surface area contributed by atoms with Gasteiger partial charge in [0, 0.05) is 22.7 Å². The number of amides is 1. The van der Waals surface area contributed by atoms with Crippen molar-refractivity contribution in [1.29, 1.82) is 0 Å². The first-order chi connectivity index (χ1) is 17.4. The highest BCUT2D eigenvalue weighted by molar-refractivity contribution is 7.89. The summed E-state index contributed by atoms with van der Waals surface area (Å²) in [5, 5.41) is 16.6. The Hall–Kier alpha value is -3.70. The number of carbonyl (C=O) groups excluding carboxylic acids is 1. The van der Waals surface area contributed by atoms with Crippen LogP contribution in [0.2, 0.25) is 0 Å². The molecule has 0 saturated heterocycles. The van der Waals surface area contributed by atoms with E-state index in [0.29, 0.717) is 11.4 Å². The Morgan fingerprint density at radius 3 is 2.35 bits per heavy atom. The van der Waals surface area contributed by atoms with Crippen LogP contribution in [-0.4, -0.2) is 40.7 Å². The number of ether oxygens (including phenoxy) is 1. The Labute approximate surface area is 215 Å². The molecular formula is C26H30N4O6S. The van der Waals surface area contributed by atoms with E-state index in [2.05, 4.69) is 15.1 Å². The summed E-state index contributed by atoms with van der Waals surface area (Å²) in [6, 6.07) is 13.1. The van der Waals surface area contributed by atoms with Crippen LogP contribution in [0.4, 0.5) is 5.69 Å². The molecule has 1 heterocycles. The van der Waals surface area contributed by atoms with E-state index in [1.54, 1.807) is 64.1 Å². The average molecular weight is 527 g/mol. The van der Waals surface area contributed by atoms with E-state index in [0.717, 1.165) is 19.3 Å². The summed E-state index contributed by atoms with van der Waals surface area (Å²) in [5.41, 5.74) is 0.0681. The van der Waals surface area contributed by atoms with Crippen LogP contribution >= 0.6 is 0 Å². The Morgan fingerprint density at radius 2 is 1.78 bits per heavy atom. The summed E-state index contributed by atoms with van der Waals surface area (Å²) in [4.78, 5) is 24.1. The topological polar surface area (TPSA) is 140 Å². The molecule has 1 aliphatic rings. The third kappa shape index (κ3) is 5.83. The monoisotopic (exact) mass is 526 g/mol. The maximum Gasteiger partial charge on any atom is 0.356 e. The zero-order chi connectivity index (χ0) is 27.0. The van der Waals surface area contributed by atoms with Crippen LogP contribution in [0, 0.1) is 12.8 Å². The van der Waals surface area contributed by atoms with Crippen LogP contribution in [0.25, 0.3) is 5.69 Å². The summed E-state index contributed by atoms with van der Waals surface area (Å²) in [7, 11) is -4.11. The minimum atomic E-state index is -4.11. The zero-order valence-electron chi connectivity index (χ0n) is 21.1. The lowest BCUT2D eigenvalue weighted by Gasteiger charge is -2.25. The van der Waals surface area contributed by atoms with Gasteiger partial charge in [0.05, 0.1) is 5.69 Å². The molecule has 10 nitrogen and oxygen atoms in total. The zero-order valence-corrected chi connectivity index (χ0v) is 21.9. The molecule has 0 bridgehead atoms. The van der Waals surface area contributed by atoms with Crippen molar-refractivity contribution >= 4 is 27.6 Å². The maximum atomic E-state index is 13.4. The van der Waals surface area contributed by atoms with Gasteiger partial charge in [0.25, 0.3) is 0 Å². The molecule has 0 atom stereocenters. The van der Waals surface area contributed by atoms with E-state index in [9.17, 15) is 23.1 Å². The van der Waals surface area contributed by atoms with E-state index in [1.807, 2.05) is 0 Å². The Morgan fingerprint density at radius 1 is 1.11 bits per heavy atom. The molecule has 0 spiro atoms. The number of hydrogen-bond donors (Lipinski definition) is 3. The number of para-hydroxylation sites is 1. The van der Waals surface area contributed by atoms with Crippen LogP contribution in [0.5, 0.6) is 11.6 Å². The van der Waals surface area contributed by atoms with Gasteiger partial charge in [0.2, 0.25) is 21.8 Å². The van der Waals surface area contributed by atoms with Crippen molar-refractivity contribution in [3.8, 4) is 17.3 Å². The number of anilines is 1. The molecule has 0 unspecified atom stereocenters. The maximum absolute atomic E-state index is 13.4. The molecule has 1 aromatic heterocycles. The van der Waals surface area contributed by atoms with Gasteiger partial charge in [-0.15, -0.1) is 0 Å². The predicted molar refractivity (Wildman–Crippen MR) is 138 cm³/mol. The van der Waals surface area contributed by atoms with Crippen LogP contribution in [0.1, 0.15) is 56.1 Å².